The zero-order valence-electron chi connectivity index (χ0n) is 14.6. The molecule has 0 saturated heterocycles. The van der Waals surface area contributed by atoms with Crippen LogP contribution in [-0.4, -0.2) is 26.3 Å². The molecule has 0 radical (unpaired) electrons. The van der Waals surface area contributed by atoms with Crippen LogP contribution in [0.3, 0.4) is 0 Å². The summed E-state index contributed by atoms with van der Waals surface area (Å²) in [6.45, 7) is 6.27. The van der Waals surface area contributed by atoms with Gasteiger partial charge >= 0.3 is 0 Å². The number of nitrogens with zero attached hydrogens (tertiary/aromatic N) is 3. The highest BCUT2D eigenvalue weighted by molar-refractivity contribution is 7.14. The molecule has 4 aromatic rings. The number of fused-ring (bicyclic) bond motifs is 1. The van der Waals surface area contributed by atoms with Crippen LogP contribution >= 0.6 is 11.3 Å². The van der Waals surface area contributed by atoms with Gasteiger partial charge in [0.15, 0.2) is 5.13 Å². The van der Waals surface area contributed by atoms with Gasteiger partial charge in [-0.1, -0.05) is 6.07 Å². The minimum absolute atomic E-state index is 0.215. The fourth-order valence-corrected chi connectivity index (χ4v) is 3.55. The van der Waals surface area contributed by atoms with Crippen molar-refractivity contribution in [3.63, 3.8) is 0 Å². The minimum atomic E-state index is -0.215. The Balaban J connectivity index is 1.58. The number of amides is 1. The molecule has 6 nitrogen and oxygen atoms in total. The van der Waals surface area contributed by atoms with Gasteiger partial charge in [-0.15, -0.1) is 11.3 Å². The third-order valence-electron chi connectivity index (χ3n) is 4.42. The van der Waals surface area contributed by atoms with Crippen LogP contribution in [-0.2, 0) is 0 Å². The molecule has 2 N–H and O–H groups in total. The van der Waals surface area contributed by atoms with Gasteiger partial charge in [-0.3, -0.25) is 10.1 Å². The minimum Gasteiger partial charge on any atom is -0.298 e. The molecule has 0 bridgehead atoms. The number of rotatable bonds is 3. The maximum Gasteiger partial charge on any atom is 0.257 e. The molecule has 0 fully saturated rings. The Labute approximate surface area is 154 Å². The molecule has 0 saturated carbocycles. The molecule has 0 aliphatic rings. The standard InChI is InChI=1S/C19H17N5OS/c1-10-6-12(3)14(7-11(10)2)17-9-26-19(20-17)21-18(25)13-4-5-15-16(8-13)23-24-22-15/h4-9H,1-3H3,(H,20,21,25)(H,22,23,24). The molecule has 4 rings (SSSR count). The van der Waals surface area contributed by atoms with Crippen molar-refractivity contribution in [1.29, 1.82) is 0 Å². The Hall–Kier alpha value is -3.06. The lowest BCUT2D eigenvalue weighted by atomic mass is 9.99. The van der Waals surface area contributed by atoms with E-state index >= 15 is 0 Å². The van der Waals surface area contributed by atoms with Gasteiger partial charge in [-0.25, -0.2) is 4.98 Å². The molecule has 0 atom stereocenters. The Morgan fingerprint density at radius 1 is 1.00 bits per heavy atom. The maximum absolute atomic E-state index is 12.5. The lowest BCUT2D eigenvalue weighted by Gasteiger charge is -2.07. The summed E-state index contributed by atoms with van der Waals surface area (Å²) < 4.78 is 0. The molecule has 26 heavy (non-hydrogen) atoms. The first-order chi connectivity index (χ1) is 12.5. The van der Waals surface area contributed by atoms with Gasteiger partial charge in [0.2, 0.25) is 0 Å². The second kappa shape index (κ2) is 6.34. The predicted octanol–water partition coefficient (Wildman–Crippen LogP) is 4.26. The van der Waals surface area contributed by atoms with E-state index in [0.717, 1.165) is 16.8 Å². The van der Waals surface area contributed by atoms with E-state index in [1.807, 2.05) is 5.38 Å². The van der Waals surface area contributed by atoms with E-state index in [-0.39, 0.29) is 5.91 Å². The number of benzene rings is 2. The summed E-state index contributed by atoms with van der Waals surface area (Å²) >= 11 is 1.41. The molecule has 2 aromatic carbocycles. The van der Waals surface area contributed by atoms with Gasteiger partial charge in [-0.05, 0) is 61.7 Å². The predicted molar refractivity (Wildman–Crippen MR) is 104 cm³/mol. The number of H-pyrrole nitrogens is 1. The Kier molecular flexibility index (Phi) is 4.00. The lowest BCUT2D eigenvalue weighted by molar-refractivity contribution is 0.102. The van der Waals surface area contributed by atoms with Gasteiger partial charge in [-0.2, -0.15) is 15.4 Å². The molecular formula is C19H17N5OS. The van der Waals surface area contributed by atoms with Crippen molar-refractivity contribution in [2.75, 3.05) is 5.32 Å². The fourth-order valence-electron chi connectivity index (χ4n) is 2.84. The van der Waals surface area contributed by atoms with E-state index in [4.69, 9.17) is 0 Å². The summed E-state index contributed by atoms with van der Waals surface area (Å²) in [5, 5.41) is 15.9. The summed E-state index contributed by atoms with van der Waals surface area (Å²) in [6, 6.07) is 9.50. The van der Waals surface area contributed by atoms with E-state index < -0.39 is 0 Å². The van der Waals surface area contributed by atoms with Crippen LogP contribution in [0, 0.1) is 20.8 Å². The molecule has 0 spiro atoms. The Morgan fingerprint density at radius 3 is 2.62 bits per heavy atom. The Bertz CT molecular complexity index is 1130. The third-order valence-corrected chi connectivity index (χ3v) is 5.18. The van der Waals surface area contributed by atoms with Crippen LogP contribution in [0.25, 0.3) is 22.3 Å². The highest BCUT2D eigenvalue weighted by Gasteiger charge is 2.13. The molecule has 130 valence electrons. The number of nitrogens with one attached hydrogen (secondary N) is 2. The SMILES string of the molecule is Cc1cc(C)c(-c2csc(NC(=O)c3ccc4n[nH]nc4c3)n2)cc1C. The second-order valence-corrected chi connectivity index (χ2v) is 7.13. The third kappa shape index (κ3) is 2.97. The van der Waals surface area contributed by atoms with Crippen LogP contribution in [0.2, 0.25) is 0 Å². The molecule has 2 aromatic heterocycles. The Morgan fingerprint density at radius 2 is 1.77 bits per heavy atom. The number of hydrogen-bond acceptors (Lipinski definition) is 5. The van der Waals surface area contributed by atoms with Crippen molar-refractivity contribution < 1.29 is 4.79 Å². The largest absolute Gasteiger partial charge is 0.298 e. The maximum atomic E-state index is 12.5. The zero-order chi connectivity index (χ0) is 18.3. The average Bonchev–Trinajstić information content (AvgIpc) is 3.26. The van der Waals surface area contributed by atoms with Gasteiger partial charge in [0.05, 0.1) is 5.69 Å². The molecule has 2 heterocycles. The smallest absolute Gasteiger partial charge is 0.257 e. The van der Waals surface area contributed by atoms with Crippen LogP contribution in [0.15, 0.2) is 35.7 Å². The first-order valence-corrected chi connectivity index (χ1v) is 9.05. The number of anilines is 1. The number of hydrogen-bond donors (Lipinski definition) is 2. The summed E-state index contributed by atoms with van der Waals surface area (Å²) in [6.07, 6.45) is 0. The highest BCUT2D eigenvalue weighted by Crippen LogP contribution is 2.29. The second-order valence-electron chi connectivity index (χ2n) is 6.27. The van der Waals surface area contributed by atoms with Crippen LogP contribution in [0.4, 0.5) is 5.13 Å². The monoisotopic (exact) mass is 363 g/mol. The normalized spacial score (nSPS) is 11.0. The van der Waals surface area contributed by atoms with Crippen LogP contribution < -0.4 is 5.32 Å². The van der Waals surface area contributed by atoms with Crippen molar-refractivity contribution in [3.05, 3.63) is 58.0 Å². The van der Waals surface area contributed by atoms with Crippen LogP contribution in [0.5, 0.6) is 0 Å². The van der Waals surface area contributed by atoms with E-state index in [1.54, 1.807) is 18.2 Å². The van der Waals surface area contributed by atoms with E-state index in [2.05, 4.69) is 58.6 Å². The van der Waals surface area contributed by atoms with Crippen molar-refractivity contribution in [2.24, 2.45) is 0 Å². The van der Waals surface area contributed by atoms with Crippen molar-refractivity contribution in [1.82, 2.24) is 20.4 Å². The van der Waals surface area contributed by atoms with Crippen molar-refractivity contribution in [2.45, 2.75) is 20.8 Å². The summed E-state index contributed by atoms with van der Waals surface area (Å²) in [7, 11) is 0. The number of thiazole rings is 1. The number of carbonyl (C=O) groups is 1. The first-order valence-electron chi connectivity index (χ1n) is 8.17. The summed E-state index contributed by atoms with van der Waals surface area (Å²) in [5.41, 5.74) is 7.53. The van der Waals surface area contributed by atoms with E-state index in [0.29, 0.717) is 16.2 Å². The molecule has 1 amide bonds. The lowest BCUT2D eigenvalue weighted by Crippen LogP contribution is -2.11. The van der Waals surface area contributed by atoms with E-state index in [1.165, 1.54) is 28.0 Å². The van der Waals surface area contributed by atoms with Crippen molar-refractivity contribution in [3.8, 4) is 11.3 Å². The number of aromatic amines is 1. The summed E-state index contributed by atoms with van der Waals surface area (Å²) in [4.78, 5) is 17.1. The van der Waals surface area contributed by atoms with Gasteiger partial charge in [0.25, 0.3) is 5.91 Å². The number of carbonyl (C=O) groups excluding carboxylic acids is 1. The molecule has 0 aliphatic carbocycles. The molecule has 7 heteroatoms. The number of aryl methyl sites for hydroxylation is 3. The summed E-state index contributed by atoms with van der Waals surface area (Å²) in [5.74, 6) is -0.215. The molecule has 0 unspecified atom stereocenters. The zero-order valence-corrected chi connectivity index (χ0v) is 15.4. The molecular weight excluding hydrogens is 346 g/mol. The van der Waals surface area contributed by atoms with Crippen molar-refractivity contribution >= 4 is 33.4 Å². The van der Waals surface area contributed by atoms with Gasteiger partial charge < -0.3 is 0 Å². The first kappa shape index (κ1) is 16.4. The van der Waals surface area contributed by atoms with Gasteiger partial charge in [0, 0.05) is 16.5 Å². The average molecular weight is 363 g/mol. The quantitative estimate of drug-likeness (QED) is 0.570. The van der Waals surface area contributed by atoms with Crippen LogP contribution in [0.1, 0.15) is 27.0 Å². The topological polar surface area (TPSA) is 83.6 Å². The fraction of sp³-hybridized carbons (Fsp3) is 0.158. The highest BCUT2D eigenvalue weighted by atomic mass is 32.1. The molecule has 0 aliphatic heterocycles. The number of aromatic nitrogens is 4. The van der Waals surface area contributed by atoms with E-state index in [9.17, 15) is 4.79 Å². The van der Waals surface area contributed by atoms with Gasteiger partial charge in [0.1, 0.15) is 11.0 Å².